The van der Waals surface area contributed by atoms with Gasteiger partial charge in [-0.2, -0.15) is 13.2 Å². The summed E-state index contributed by atoms with van der Waals surface area (Å²) in [6.45, 7) is 0.544. The number of anilines is 1. The van der Waals surface area contributed by atoms with Gasteiger partial charge >= 0.3 is 6.18 Å². The molecule has 30 heavy (non-hydrogen) atoms. The molecule has 1 aliphatic rings. The zero-order valence-electron chi connectivity index (χ0n) is 15.5. The zero-order valence-corrected chi connectivity index (χ0v) is 15.5. The average Bonchev–Trinajstić information content (AvgIpc) is 2.65. The molecule has 12 heteroatoms. The highest BCUT2D eigenvalue weighted by Crippen LogP contribution is 2.42. The third-order valence-corrected chi connectivity index (χ3v) is 4.49. The Bertz CT molecular complexity index is 912. The van der Waals surface area contributed by atoms with Crippen molar-refractivity contribution in [2.45, 2.75) is 38.0 Å². The fourth-order valence-corrected chi connectivity index (χ4v) is 2.67. The minimum atomic E-state index is -4.66. The number of rotatable bonds is 7. The van der Waals surface area contributed by atoms with Gasteiger partial charge in [0.25, 0.3) is 5.88 Å². The third kappa shape index (κ3) is 5.16. The van der Waals surface area contributed by atoms with Crippen molar-refractivity contribution in [3.8, 4) is 17.1 Å². The number of nitrogens with zero attached hydrogens (tertiary/aromatic N) is 3. The van der Waals surface area contributed by atoms with Gasteiger partial charge in [0.1, 0.15) is 5.82 Å². The first-order chi connectivity index (χ1) is 13.9. The molecule has 0 aromatic carbocycles. The van der Waals surface area contributed by atoms with Crippen molar-refractivity contribution in [1.29, 1.82) is 0 Å². The molecule has 1 saturated carbocycles. The molecular formula is C18H16F6N4O2. The van der Waals surface area contributed by atoms with Gasteiger partial charge in [0.2, 0.25) is 5.92 Å². The summed E-state index contributed by atoms with van der Waals surface area (Å²) in [6.07, 6.45) is -4.26. The van der Waals surface area contributed by atoms with E-state index in [-0.39, 0.29) is 29.4 Å². The van der Waals surface area contributed by atoms with Crippen LogP contribution in [0.5, 0.6) is 5.88 Å². The Morgan fingerprint density at radius 2 is 1.93 bits per heavy atom. The predicted octanol–water partition coefficient (Wildman–Crippen LogP) is 4.03. The standard InChI is InChI=1S/C18H16F6N4O2/c1-9(18(22,23)24)30-16-12(19)2-10(5-28-16)13-6-26-15(8-25-13)27-7-14(29)11-3-17(20,21)4-11/h2,5-6,8-9,11H,3-4,7H2,1H3,(H,26,27)/t9-/m1/s1. The lowest BCUT2D eigenvalue weighted by Crippen LogP contribution is -2.42. The summed E-state index contributed by atoms with van der Waals surface area (Å²) in [5.41, 5.74) is 0.318. The molecule has 0 unspecified atom stereocenters. The third-order valence-electron chi connectivity index (χ3n) is 4.49. The van der Waals surface area contributed by atoms with Crippen LogP contribution in [0.4, 0.5) is 32.2 Å². The fourth-order valence-electron chi connectivity index (χ4n) is 2.67. The van der Waals surface area contributed by atoms with Gasteiger partial charge in [-0.05, 0) is 13.0 Å². The topological polar surface area (TPSA) is 77.0 Å². The van der Waals surface area contributed by atoms with Crippen molar-refractivity contribution < 1.29 is 35.9 Å². The Morgan fingerprint density at radius 3 is 2.47 bits per heavy atom. The van der Waals surface area contributed by atoms with Crippen LogP contribution < -0.4 is 10.1 Å². The minimum absolute atomic E-state index is 0.145. The molecule has 0 radical (unpaired) electrons. The normalized spacial score (nSPS) is 17.2. The molecule has 0 bridgehead atoms. The van der Waals surface area contributed by atoms with Gasteiger partial charge in [0, 0.05) is 30.5 Å². The van der Waals surface area contributed by atoms with Crippen LogP contribution in [0.1, 0.15) is 19.8 Å². The SMILES string of the molecule is C[C@@H](Oc1ncc(-c2cnc(NCC(=O)C3CC(F)(F)C3)cn2)cc1F)C(F)(F)F. The lowest BCUT2D eigenvalue weighted by molar-refractivity contribution is -0.190. The number of hydrogen-bond acceptors (Lipinski definition) is 6. The lowest BCUT2D eigenvalue weighted by Gasteiger charge is -2.33. The van der Waals surface area contributed by atoms with Crippen LogP contribution in [0, 0.1) is 11.7 Å². The molecule has 0 aliphatic heterocycles. The van der Waals surface area contributed by atoms with Gasteiger partial charge in [-0.3, -0.25) is 9.78 Å². The van der Waals surface area contributed by atoms with Crippen molar-refractivity contribution in [1.82, 2.24) is 15.0 Å². The maximum absolute atomic E-state index is 14.0. The molecule has 1 aliphatic carbocycles. The van der Waals surface area contributed by atoms with E-state index in [0.29, 0.717) is 0 Å². The number of pyridine rings is 1. The fraction of sp³-hybridized carbons (Fsp3) is 0.444. The van der Waals surface area contributed by atoms with Crippen molar-refractivity contribution in [2.75, 3.05) is 11.9 Å². The van der Waals surface area contributed by atoms with Crippen LogP contribution in [0.15, 0.2) is 24.7 Å². The van der Waals surface area contributed by atoms with Crippen LogP contribution in [0.25, 0.3) is 11.3 Å². The van der Waals surface area contributed by atoms with Gasteiger partial charge in [0.15, 0.2) is 17.7 Å². The predicted molar refractivity (Wildman–Crippen MR) is 92.5 cm³/mol. The quantitative estimate of drug-likeness (QED) is 0.663. The largest absolute Gasteiger partial charge is 0.463 e. The number of nitrogens with one attached hydrogen (secondary N) is 1. The molecule has 1 atom stereocenters. The molecule has 2 aromatic rings. The molecule has 0 saturated heterocycles. The average molecular weight is 434 g/mol. The second-order valence-electron chi connectivity index (χ2n) is 6.88. The van der Waals surface area contributed by atoms with Crippen LogP contribution in [0.3, 0.4) is 0 Å². The van der Waals surface area contributed by atoms with Gasteiger partial charge in [-0.15, -0.1) is 0 Å². The number of ether oxygens (including phenoxy) is 1. The van der Waals surface area contributed by atoms with Crippen LogP contribution in [0.2, 0.25) is 0 Å². The van der Waals surface area contributed by atoms with Crippen LogP contribution in [-0.4, -0.2) is 45.5 Å². The van der Waals surface area contributed by atoms with E-state index in [2.05, 4.69) is 25.0 Å². The van der Waals surface area contributed by atoms with Crippen LogP contribution >= 0.6 is 0 Å². The molecule has 2 aromatic heterocycles. The summed E-state index contributed by atoms with van der Waals surface area (Å²) in [7, 11) is 0. The Hall–Kier alpha value is -2.92. The molecular weight excluding hydrogens is 418 g/mol. The van der Waals surface area contributed by atoms with E-state index in [1.807, 2.05) is 0 Å². The van der Waals surface area contributed by atoms with E-state index in [1.165, 1.54) is 12.4 Å². The van der Waals surface area contributed by atoms with E-state index >= 15 is 0 Å². The van der Waals surface area contributed by atoms with Crippen molar-refractivity contribution in [3.05, 3.63) is 30.5 Å². The number of Topliss-reactive ketones (excluding diaryl/α,β-unsaturated/α-hetero) is 1. The Kier molecular flexibility index (Phi) is 5.86. The first-order valence-electron chi connectivity index (χ1n) is 8.80. The first-order valence-corrected chi connectivity index (χ1v) is 8.80. The zero-order chi connectivity index (χ0) is 22.1. The molecule has 3 rings (SSSR count). The lowest BCUT2D eigenvalue weighted by atomic mass is 9.78. The number of carbonyl (C=O) groups excluding carboxylic acids is 1. The molecule has 1 fully saturated rings. The Morgan fingerprint density at radius 1 is 1.23 bits per heavy atom. The summed E-state index contributed by atoms with van der Waals surface area (Å²) in [5, 5.41) is 2.67. The highest BCUT2D eigenvalue weighted by atomic mass is 19.4. The van der Waals surface area contributed by atoms with Gasteiger partial charge in [-0.1, -0.05) is 0 Å². The highest BCUT2D eigenvalue weighted by Gasteiger charge is 2.48. The van der Waals surface area contributed by atoms with E-state index < -0.39 is 48.7 Å². The maximum atomic E-state index is 14.0. The summed E-state index contributed by atoms with van der Waals surface area (Å²) in [4.78, 5) is 23.4. The maximum Gasteiger partial charge on any atom is 0.425 e. The highest BCUT2D eigenvalue weighted by molar-refractivity contribution is 5.86. The molecule has 162 valence electrons. The number of aromatic nitrogens is 3. The first kappa shape index (κ1) is 21.8. The second kappa shape index (κ2) is 8.07. The van der Waals surface area contributed by atoms with Gasteiger partial charge in [-0.25, -0.2) is 23.1 Å². The Balaban J connectivity index is 1.59. The van der Waals surface area contributed by atoms with E-state index in [1.54, 1.807) is 0 Å². The van der Waals surface area contributed by atoms with E-state index in [0.717, 1.165) is 19.2 Å². The van der Waals surface area contributed by atoms with Gasteiger partial charge < -0.3 is 10.1 Å². The Labute approximate surface area is 166 Å². The smallest absolute Gasteiger partial charge is 0.425 e. The second-order valence-corrected chi connectivity index (χ2v) is 6.88. The number of alkyl halides is 5. The van der Waals surface area contributed by atoms with E-state index in [9.17, 15) is 31.1 Å². The summed E-state index contributed by atoms with van der Waals surface area (Å²) >= 11 is 0. The van der Waals surface area contributed by atoms with E-state index in [4.69, 9.17) is 0 Å². The van der Waals surface area contributed by atoms with Crippen LogP contribution in [-0.2, 0) is 4.79 Å². The number of ketones is 1. The summed E-state index contributed by atoms with van der Waals surface area (Å²) in [6, 6.07) is 0.906. The molecule has 2 heterocycles. The monoisotopic (exact) mass is 434 g/mol. The molecule has 6 nitrogen and oxygen atoms in total. The molecule has 0 spiro atoms. The van der Waals surface area contributed by atoms with Gasteiger partial charge in [0.05, 0.1) is 24.6 Å². The number of halogens is 6. The van der Waals surface area contributed by atoms with Crippen molar-refractivity contribution in [3.63, 3.8) is 0 Å². The number of hydrogen-bond donors (Lipinski definition) is 1. The minimum Gasteiger partial charge on any atom is -0.463 e. The molecule has 0 amide bonds. The van der Waals surface area contributed by atoms with Crippen molar-refractivity contribution >= 4 is 11.6 Å². The van der Waals surface area contributed by atoms with Crippen molar-refractivity contribution in [2.24, 2.45) is 5.92 Å². The molecule has 1 N–H and O–H groups in total. The summed E-state index contributed by atoms with van der Waals surface area (Å²) in [5.74, 6) is -5.52. The number of carbonyl (C=O) groups is 1. The summed E-state index contributed by atoms with van der Waals surface area (Å²) < 4.78 is 81.6.